The highest BCUT2D eigenvalue weighted by Gasteiger charge is 2.18. The largest absolute Gasteiger partial charge is 0.322 e. The number of rotatable bonds is 6. The maximum atomic E-state index is 12.6. The van der Waals surface area contributed by atoms with Gasteiger partial charge in [-0.05, 0) is 53.7 Å². The fraction of sp³-hybridized carbons (Fsp3) is 0.455. The quantitative estimate of drug-likeness (QED) is 0.704. The standard InChI is InChI=1S/C22H32N4O2/c1-7-25(15(3)4)21(27)23-19-13-9-12-18-17(19)11-10-14-20(18)24-22(28)26(8-2)16(5)6/h9-16H,7-8H2,1-6H3,(H,23,27)(H,24,28). The molecule has 0 heterocycles. The van der Waals surface area contributed by atoms with Crippen LogP contribution in [0.4, 0.5) is 21.0 Å². The van der Waals surface area contributed by atoms with Gasteiger partial charge in [-0.2, -0.15) is 0 Å². The van der Waals surface area contributed by atoms with Gasteiger partial charge in [0.25, 0.3) is 0 Å². The van der Waals surface area contributed by atoms with E-state index in [4.69, 9.17) is 0 Å². The Morgan fingerprint density at radius 1 is 0.750 bits per heavy atom. The number of hydrogen-bond donors (Lipinski definition) is 2. The Morgan fingerprint density at radius 3 is 1.39 bits per heavy atom. The highest BCUT2D eigenvalue weighted by Crippen LogP contribution is 2.30. The van der Waals surface area contributed by atoms with Crippen molar-refractivity contribution in [2.75, 3.05) is 23.7 Å². The van der Waals surface area contributed by atoms with E-state index in [-0.39, 0.29) is 24.1 Å². The van der Waals surface area contributed by atoms with Crippen LogP contribution < -0.4 is 10.6 Å². The molecule has 0 saturated carbocycles. The molecule has 0 spiro atoms. The van der Waals surface area contributed by atoms with E-state index in [0.29, 0.717) is 13.1 Å². The molecule has 0 radical (unpaired) electrons. The van der Waals surface area contributed by atoms with Crippen molar-refractivity contribution in [2.45, 2.75) is 53.6 Å². The smallest absolute Gasteiger partial charge is 0.322 e. The first-order valence-corrected chi connectivity index (χ1v) is 9.97. The van der Waals surface area contributed by atoms with E-state index in [0.717, 1.165) is 22.1 Å². The summed E-state index contributed by atoms with van der Waals surface area (Å²) in [7, 11) is 0. The predicted molar refractivity (Wildman–Crippen MR) is 117 cm³/mol. The molecule has 0 aromatic heterocycles. The van der Waals surface area contributed by atoms with Gasteiger partial charge in [0, 0.05) is 35.9 Å². The number of hydrogen-bond acceptors (Lipinski definition) is 2. The molecule has 0 aliphatic heterocycles. The molecule has 152 valence electrons. The molecule has 2 aromatic carbocycles. The normalized spacial score (nSPS) is 11.0. The number of nitrogens with one attached hydrogen (secondary N) is 2. The van der Waals surface area contributed by atoms with Crippen molar-refractivity contribution in [3.63, 3.8) is 0 Å². The molecular weight excluding hydrogens is 352 g/mol. The van der Waals surface area contributed by atoms with Crippen LogP contribution in [0, 0.1) is 0 Å². The Balaban J connectivity index is 2.34. The van der Waals surface area contributed by atoms with Crippen LogP contribution >= 0.6 is 0 Å². The molecule has 2 aromatic rings. The SMILES string of the molecule is CCN(C(=O)Nc1cccc2c(NC(=O)N(CC)C(C)C)cccc12)C(C)C. The Bertz CT molecular complexity index is 763. The van der Waals surface area contributed by atoms with E-state index in [1.54, 1.807) is 9.80 Å². The lowest BCUT2D eigenvalue weighted by atomic mass is 10.1. The minimum absolute atomic E-state index is 0.117. The number of fused-ring (bicyclic) bond motifs is 1. The Labute approximate surface area is 167 Å². The third kappa shape index (κ3) is 4.74. The highest BCUT2D eigenvalue weighted by molar-refractivity contribution is 6.08. The molecule has 0 fully saturated rings. The molecule has 2 rings (SSSR count). The van der Waals surface area contributed by atoms with Crippen LogP contribution in [0.1, 0.15) is 41.5 Å². The molecule has 0 saturated heterocycles. The zero-order valence-corrected chi connectivity index (χ0v) is 17.7. The van der Waals surface area contributed by atoms with Gasteiger partial charge in [-0.25, -0.2) is 9.59 Å². The van der Waals surface area contributed by atoms with E-state index >= 15 is 0 Å². The average Bonchev–Trinajstić information content (AvgIpc) is 2.63. The lowest BCUT2D eigenvalue weighted by molar-refractivity contribution is 0.200. The molecule has 0 bridgehead atoms. The Morgan fingerprint density at radius 2 is 1.11 bits per heavy atom. The van der Waals surface area contributed by atoms with Crippen LogP contribution in [0.5, 0.6) is 0 Å². The van der Waals surface area contributed by atoms with Crippen molar-refractivity contribution in [3.05, 3.63) is 36.4 Å². The summed E-state index contributed by atoms with van der Waals surface area (Å²) < 4.78 is 0. The number of benzene rings is 2. The number of carbonyl (C=O) groups is 2. The highest BCUT2D eigenvalue weighted by atomic mass is 16.2. The van der Waals surface area contributed by atoms with Crippen LogP contribution in [-0.2, 0) is 0 Å². The van der Waals surface area contributed by atoms with Crippen molar-refractivity contribution < 1.29 is 9.59 Å². The summed E-state index contributed by atoms with van der Waals surface area (Å²) in [5.41, 5.74) is 1.46. The Kier molecular flexibility index (Phi) is 7.26. The number of anilines is 2. The van der Waals surface area contributed by atoms with Gasteiger partial charge < -0.3 is 20.4 Å². The van der Waals surface area contributed by atoms with Gasteiger partial charge >= 0.3 is 12.1 Å². The van der Waals surface area contributed by atoms with E-state index in [1.165, 1.54) is 0 Å². The van der Waals surface area contributed by atoms with Gasteiger partial charge in [-0.1, -0.05) is 24.3 Å². The summed E-state index contributed by atoms with van der Waals surface area (Å²) in [6.07, 6.45) is 0. The summed E-state index contributed by atoms with van der Waals surface area (Å²) in [5.74, 6) is 0. The minimum Gasteiger partial charge on any atom is -0.322 e. The fourth-order valence-electron chi connectivity index (χ4n) is 3.39. The second-order valence-electron chi connectivity index (χ2n) is 7.33. The van der Waals surface area contributed by atoms with Crippen molar-refractivity contribution >= 4 is 34.2 Å². The van der Waals surface area contributed by atoms with Crippen molar-refractivity contribution in [1.29, 1.82) is 0 Å². The Hall–Kier alpha value is -2.76. The van der Waals surface area contributed by atoms with Crippen LogP contribution in [0.15, 0.2) is 36.4 Å². The van der Waals surface area contributed by atoms with E-state index < -0.39 is 0 Å². The number of amides is 4. The molecule has 0 aliphatic rings. The zero-order valence-electron chi connectivity index (χ0n) is 17.7. The molecule has 4 amide bonds. The van der Waals surface area contributed by atoms with Gasteiger partial charge in [0.05, 0.1) is 11.4 Å². The summed E-state index contributed by atoms with van der Waals surface area (Å²) in [5, 5.41) is 7.81. The molecule has 28 heavy (non-hydrogen) atoms. The monoisotopic (exact) mass is 384 g/mol. The number of urea groups is 2. The third-order valence-corrected chi connectivity index (χ3v) is 4.86. The van der Waals surface area contributed by atoms with Gasteiger partial charge in [-0.15, -0.1) is 0 Å². The van der Waals surface area contributed by atoms with E-state index in [9.17, 15) is 9.59 Å². The maximum absolute atomic E-state index is 12.6. The first kappa shape index (κ1) is 21.5. The molecule has 2 N–H and O–H groups in total. The van der Waals surface area contributed by atoms with E-state index in [2.05, 4.69) is 10.6 Å². The third-order valence-electron chi connectivity index (χ3n) is 4.86. The first-order chi connectivity index (χ1) is 13.3. The molecular formula is C22H32N4O2. The second-order valence-corrected chi connectivity index (χ2v) is 7.33. The van der Waals surface area contributed by atoms with Gasteiger partial charge in [-0.3, -0.25) is 0 Å². The molecule has 6 heteroatoms. The van der Waals surface area contributed by atoms with Crippen LogP contribution in [0.25, 0.3) is 10.8 Å². The molecule has 0 unspecified atom stereocenters. The van der Waals surface area contributed by atoms with Crippen molar-refractivity contribution in [1.82, 2.24) is 9.80 Å². The lowest BCUT2D eigenvalue weighted by Crippen LogP contribution is -2.40. The van der Waals surface area contributed by atoms with Crippen LogP contribution in [0.3, 0.4) is 0 Å². The van der Waals surface area contributed by atoms with Crippen molar-refractivity contribution in [2.24, 2.45) is 0 Å². The number of nitrogens with zero attached hydrogens (tertiary/aromatic N) is 2. The first-order valence-electron chi connectivity index (χ1n) is 9.97. The fourth-order valence-corrected chi connectivity index (χ4v) is 3.39. The zero-order chi connectivity index (χ0) is 20.8. The molecule has 0 atom stereocenters. The van der Waals surface area contributed by atoms with Gasteiger partial charge in [0.2, 0.25) is 0 Å². The van der Waals surface area contributed by atoms with Crippen LogP contribution in [-0.4, -0.2) is 47.0 Å². The summed E-state index contributed by atoms with van der Waals surface area (Å²) in [4.78, 5) is 28.8. The van der Waals surface area contributed by atoms with Gasteiger partial charge in [0.1, 0.15) is 0 Å². The summed E-state index contributed by atoms with van der Waals surface area (Å²) in [6.45, 7) is 13.2. The predicted octanol–water partition coefficient (Wildman–Crippen LogP) is 5.36. The number of carbonyl (C=O) groups excluding carboxylic acids is 2. The van der Waals surface area contributed by atoms with Gasteiger partial charge in [0.15, 0.2) is 0 Å². The minimum atomic E-state index is -0.128. The second kappa shape index (κ2) is 9.44. The molecule has 6 nitrogen and oxygen atoms in total. The average molecular weight is 385 g/mol. The lowest BCUT2D eigenvalue weighted by Gasteiger charge is -2.26. The maximum Gasteiger partial charge on any atom is 0.322 e. The summed E-state index contributed by atoms with van der Waals surface area (Å²) >= 11 is 0. The van der Waals surface area contributed by atoms with Crippen molar-refractivity contribution in [3.8, 4) is 0 Å². The van der Waals surface area contributed by atoms with E-state index in [1.807, 2.05) is 77.9 Å². The van der Waals surface area contributed by atoms with Crippen LogP contribution in [0.2, 0.25) is 0 Å². The molecule has 0 aliphatic carbocycles. The topological polar surface area (TPSA) is 64.7 Å². The summed E-state index contributed by atoms with van der Waals surface area (Å²) in [6, 6.07) is 11.4.